The highest BCUT2D eigenvalue weighted by atomic mass is 16.1. The van der Waals surface area contributed by atoms with Crippen molar-refractivity contribution in [2.24, 2.45) is 5.10 Å². The van der Waals surface area contributed by atoms with Crippen molar-refractivity contribution in [2.75, 3.05) is 5.43 Å². The molecule has 0 aromatic heterocycles. The zero-order chi connectivity index (χ0) is 14.4. The Bertz CT molecular complexity index is 470. The van der Waals surface area contributed by atoms with Crippen molar-refractivity contribution in [1.29, 1.82) is 0 Å². The van der Waals surface area contributed by atoms with E-state index in [1.807, 2.05) is 6.92 Å². The quantitative estimate of drug-likeness (QED) is 0.633. The Morgan fingerprint density at radius 3 is 2.40 bits per heavy atom. The van der Waals surface area contributed by atoms with E-state index in [2.05, 4.69) is 34.8 Å². The van der Waals surface area contributed by atoms with Crippen molar-refractivity contribution in [3.63, 3.8) is 0 Å². The summed E-state index contributed by atoms with van der Waals surface area (Å²) in [4.78, 5) is 11.3. The van der Waals surface area contributed by atoms with E-state index in [-0.39, 0.29) is 5.78 Å². The largest absolute Gasteiger partial charge is 0.293 e. The number of nitrogens with one attached hydrogen (secondary N) is 1. The lowest BCUT2D eigenvalue weighted by molar-refractivity contribution is -0.111. The van der Waals surface area contributed by atoms with Crippen LogP contribution in [0.5, 0.6) is 0 Å². The predicted octanol–water partition coefficient (Wildman–Crippen LogP) is 4.50. The maximum Gasteiger partial charge on any atom is 0.175 e. The van der Waals surface area contributed by atoms with Crippen LogP contribution >= 0.6 is 0 Å². The molecule has 0 bridgehead atoms. The van der Waals surface area contributed by atoms with Gasteiger partial charge in [0.25, 0.3) is 0 Å². The normalized spacial score (nSPS) is 17.0. The van der Waals surface area contributed by atoms with E-state index in [1.54, 1.807) is 6.92 Å². The van der Waals surface area contributed by atoms with Crippen LogP contribution in [0.1, 0.15) is 63.9 Å². The maximum absolute atomic E-state index is 11.3. The van der Waals surface area contributed by atoms with Crippen LogP contribution in [-0.4, -0.2) is 11.5 Å². The Kier molecular flexibility index (Phi) is 5.33. The number of rotatable bonds is 5. The topological polar surface area (TPSA) is 41.5 Å². The first-order chi connectivity index (χ1) is 9.70. The van der Waals surface area contributed by atoms with Crippen molar-refractivity contribution in [3.05, 3.63) is 29.8 Å². The van der Waals surface area contributed by atoms with Gasteiger partial charge in [0.15, 0.2) is 5.78 Å². The number of hydrogen-bond acceptors (Lipinski definition) is 3. The van der Waals surface area contributed by atoms with Gasteiger partial charge in [0.2, 0.25) is 0 Å². The highest BCUT2D eigenvalue weighted by Crippen LogP contribution is 2.32. The van der Waals surface area contributed by atoms with E-state index in [9.17, 15) is 4.79 Å². The highest BCUT2D eigenvalue weighted by Gasteiger charge is 2.14. The molecule has 0 heterocycles. The van der Waals surface area contributed by atoms with Crippen molar-refractivity contribution >= 4 is 17.2 Å². The van der Waals surface area contributed by atoms with Gasteiger partial charge < -0.3 is 0 Å². The zero-order valence-corrected chi connectivity index (χ0v) is 12.5. The summed E-state index contributed by atoms with van der Waals surface area (Å²) in [6, 6.07) is 8.49. The molecule has 1 aromatic carbocycles. The van der Waals surface area contributed by atoms with Gasteiger partial charge >= 0.3 is 0 Å². The summed E-state index contributed by atoms with van der Waals surface area (Å²) in [5, 5.41) is 4.17. The van der Waals surface area contributed by atoms with Gasteiger partial charge in [0.05, 0.1) is 5.69 Å². The second-order valence-corrected chi connectivity index (χ2v) is 5.54. The zero-order valence-electron chi connectivity index (χ0n) is 12.5. The second-order valence-electron chi connectivity index (χ2n) is 5.54. The first-order valence-corrected chi connectivity index (χ1v) is 7.64. The Balaban J connectivity index is 1.99. The molecule has 1 aliphatic carbocycles. The molecule has 1 fully saturated rings. The molecule has 108 valence electrons. The first kappa shape index (κ1) is 14.8. The summed E-state index contributed by atoms with van der Waals surface area (Å²) in [7, 11) is 0. The highest BCUT2D eigenvalue weighted by molar-refractivity contribution is 6.38. The molecule has 0 unspecified atom stereocenters. The lowest BCUT2D eigenvalue weighted by atomic mass is 9.84. The third-order valence-corrected chi connectivity index (χ3v) is 4.05. The third-order valence-electron chi connectivity index (χ3n) is 4.05. The Morgan fingerprint density at radius 2 is 1.85 bits per heavy atom. The van der Waals surface area contributed by atoms with Crippen LogP contribution in [0.15, 0.2) is 29.4 Å². The van der Waals surface area contributed by atoms with Crippen LogP contribution < -0.4 is 5.43 Å². The van der Waals surface area contributed by atoms with Gasteiger partial charge in [-0.05, 0) is 42.9 Å². The number of benzene rings is 1. The van der Waals surface area contributed by atoms with Crippen LogP contribution in [0.3, 0.4) is 0 Å². The number of ketones is 1. The molecule has 3 nitrogen and oxygen atoms in total. The predicted molar refractivity (Wildman–Crippen MR) is 84.3 cm³/mol. The second kappa shape index (κ2) is 7.22. The summed E-state index contributed by atoms with van der Waals surface area (Å²) < 4.78 is 0. The molecule has 2 rings (SSSR count). The van der Waals surface area contributed by atoms with Crippen molar-refractivity contribution < 1.29 is 4.79 Å². The molecule has 0 atom stereocenters. The van der Waals surface area contributed by atoms with Gasteiger partial charge in [0, 0.05) is 6.92 Å². The molecule has 0 amide bonds. The molecule has 0 spiro atoms. The molecule has 1 saturated carbocycles. The lowest BCUT2D eigenvalue weighted by Crippen LogP contribution is -2.10. The monoisotopic (exact) mass is 272 g/mol. The van der Waals surface area contributed by atoms with Gasteiger partial charge in [-0.25, -0.2) is 0 Å². The molecule has 0 aliphatic heterocycles. The Hall–Kier alpha value is -1.64. The minimum atomic E-state index is 0.0267. The summed E-state index contributed by atoms with van der Waals surface area (Å²) in [6.45, 7) is 3.49. The maximum atomic E-state index is 11.3. The fourth-order valence-electron chi connectivity index (χ4n) is 2.80. The summed E-state index contributed by atoms with van der Waals surface area (Å²) >= 11 is 0. The van der Waals surface area contributed by atoms with Gasteiger partial charge in [-0.1, -0.05) is 38.3 Å². The minimum absolute atomic E-state index is 0.0267. The van der Waals surface area contributed by atoms with Gasteiger partial charge in [-0.3, -0.25) is 10.2 Å². The van der Waals surface area contributed by atoms with Gasteiger partial charge in [0.1, 0.15) is 5.71 Å². The molecule has 3 heteroatoms. The third kappa shape index (κ3) is 3.92. The van der Waals surface area contributed by atoms with Gasteiger partial charge in [-0.15, -0.1) is 0 Å². The molecular formula is C17H24N2O. The van der Waals surface area contributed by atoms with Crippen molar-refractivity contribution in [1.82, 2.24) is 0 Å². The number of nitrogens with zero attached hydrogens (tertiary/aromatic N) is 1. The van der Waals surface area contributed by atoms with E-state index in [0.717, 1.165) is 11.6 Å². The fraction of sp³-hybridized carbons (Fsp3) is 0.529. The van der Waals surface area contributed by atoms with E-state index in [0.29, 0.717) is 12.1 Å². The number of hydrogen-bond donors (Lipinski definition) is 1. The summed E-state index contributed by atoms with van der Waals surface area (Å²) in [6.07, 6.45) is 7.38. The number of carbonyl (C=O) groups is 1. The average Bonchev–Trinajstić information content (AvgIpc) is 2.49. The molecule has 1 N–H and O–H groups in total. The molecular weight excluding hydrogens is 248 g/mol. The van der Waals surface area contributed by atoms with Crippen LogP contribution in [-0.2, 0) is 4.79 Å². The van der Waals surface area contributed by atoms with Crippen molar-refractivity contribution in [3.8, 4) is 0 Å². The molecule has 1 aromatic rings. The standard InChI is InChI=1S/C17H24N2O/c1-3-17(13(2)20)19-18-16-11-9-15(10-12-16)14-7-5-4-6-8-14/h9-12,14,18H,3-8H2,1-2H3. The SMILES string of the molecule is CCC(=NNc1ccc(C2CCCCC2)cc1)C(C)=O. The molecule has 0 saturated heterocycles. The van der Waals surface area contributed by atoms with Gasteiger partial charge in [-0.2, -0.15) is 5.10 Å². The number of Topliss-reactive ketones (excluding diaryl/α,β-unsaturated/α-hetero) is 1. The lowest BCUT2D eigenvalue weighted by Gasteiger charge is -2.22. The first-order valence-electron chi connectivity index (χ1n) is 7.64. The van der Waals surface area contributed by atoms with Crippen LogP contribution in [0, 0.1) is 0 Å². The van der Waals surface area contributed by atoms with Crippen LogP contribution in [0.25, 0.3) is 0 Å². The van der Waals surface area contributed by atoms with E-state index >= 15 is 0 Å². The van der Waals surface area contributed by atoms with Crippen LogP contribution in [0.4, 0.5) is 5.69 Å². The number of carbonyl (C=O) groups excluding carboxylic acids is 1. The smallest absolute Gasteiger partial charge is 0.175 e. The molecule has 1 aliphatic rings. The average molecular weight is 272 g/mol. The summed E-state index contributed by atoms with van der Waals surface area (Å²) in [5.41, 5.74) is 5.93. The summed E-state index contributed by atoms with van der Waals surface area (Å²) in [5.74, 6) is 0.753. The molecule has 0 radical (unpaired) electrons. The minimum Gasteiger partial charge on any atom is -0.293 e. The van der Waals surface area contributed by atoms with Crippen molar-refractivity contribution in [2.45, 2.75) is 58.3 Å². The molecule has 20 heavy (non-hydrogen) atoms. The Labute approximate surface area is 121 Å². The number of hydrazone groups is 1. The Morgan fingerprint density at radius 1 is 1.20 bits per heavy atom. The van der Waals surface area contributed by atoms with E-state index in [4.69, 9.17) is 0 Å². The number of anilines is 1. The van der Waals surface area contributed by atoms with Crippen LogP contribution in [0.2, 0.25) is 0 Å². The van der Waals surface area contributed by atoms with E-state index in [1.165, 1.54) is 37.7 Å². The van der Waals surface area contributed by atoms with E-state index < -0.39 is 0 Å². The fourth-order valence-corrected chi connectivity index (χ4v) is 2.80.